The number of rotatable bonds is 4. The second-order valence-electron chi connectivity index (χ2n) is 7.14. The Hall–Kier alpha value is -3.02. The highest BCUT2D eigenvalue weighted by Crippen LogP contribution is 2.27. The number of thiazole rings is 1. The minimum absolute atomic E-state index is 0.300. The van der Waals surface area contributed by atoms with Crippen LogP contribution in [0.3, 0.4) is 0 Å². The maximum atomic E-state index is 12.1. The average Bonchev–Trinajstić information content (AvgIpc) is 3.09. The van der Waals surface area contributed by atoms with Gasteiger partial charge in [0.25, 0.3) is 0 Å². The summed E-state index contributed by atoms with van der Waals surface area (Å²) in [7, 11) is 2.14. The number of hydrogen-bond acceptors (Lipinski definition) is 4. The Bertz CT molecular complexity index is 1340. The van der Waals surface area contributed by atoms with Gasteiger partial charge in [-0.1, -0.05) is 42.5 Å². The fourth-order valence-corrected chi connectivity index (χ4v) is 4.88. The number of nitrogens with zero attached hydrogens (tertiary/aromatic N) is 1. The molecule has 0 spiro atoms. The van der Waals surface area contributed by atoms with Crippen molar-refractivity contribution in [2.75, 3.05) is 7.05 Å². The van der Waals surface area contributed by atoms with Crippen LogP contribution in [0.2, 0.25) is 0 Å². The van der Waals surface area contributed by atoms with E-state index in [-0.39, 0.29) is 5.63 Å². The van der Waals surface area contributed by atoms with Crippen LogP contribution in [-0.4, -0.2) is 12.0 Å². The molecule has 0 radical (unpaired) electrons. The maximum Gasteiger partial charge on any atom is 0.336 e. The first-order valence-corrected chi connectivity index (χ1v) is 10.1. The molecule has 0 saturated carbocycles. The monoisotopic (exact) mass is 387 g/mol. The molecule has 0 aliphatic heterocycles. The average molecular weight is 387 g/mol. The second-order valence-corrected chi connectivity index (χ2v) is 8.25. The van der Waals surface area contributed by atoms with Crippen molar-refractivity contribution < 1.29 is 9.32 Å². The van der Waals surface area contributed by atoms with Crippen LogP contribution in [-0.2, 0) is 13.1 Å². The molecule has 3 aromatic carbocycles. The van der Waals surface area contributed by atoms with Gasteiger partial charge in [-0.2, -0.15) is 0 Å². The fraction of sp³-hybridized carbons (Fsp3) is 0.130. The molecule has 0 saturated heterocycles. The van der Waals surface area contributed by atoms with E-state index >= 15 is 0 Å². The topological polar surface area (TPSA) is 47.5 Å². The third kappa shape index (κ3) is 3.09. The number of benzene rings is 3. The molecule has 5 aromatic rings. The molecule has 0 fully saturated rings. The lowest BCUT2D eigenvalue weighted by Crippen LogP contribution is -3.06. The molecule has 28 heavy (non-hydrogen) atoms. The number of aromatic nitrogens is 1. The van der Waals surface area contributed by atoms with Crippen molar-refractivity contribution in [1.82, 2.24) is 4.98 Å². The highest BCUT2D eigenvalue weighted by atomic mass is 32.1. The van der Waals surface area contributed by atoms with Gasteiger partial charge >= 0.3 is 5.63 Å². The van der Waals surface area contributed by atoms with E-state index in [4.69, 9.17) is 9.40 Å². The maximum absolute atomic E-state index is 12.1. The van der Waals surface area contributed by atoms with Crippen molar-refractivity contribution in [3.63, 3.8) is 0 Å². The highest BCUT2D eigenvalue weighted by Gasteiger charge is 2.15. The Morgan fingerprint density at radius 2 is 1.82 bits per heavy atom. The number of hydrogen-bond donors (Lipinski definition) is 1. The Balaban J connectivity index is 1.53. The molecule has 2 heterocycles. The molecular formula is C23H19N2O2S+. The van der Waals surface area contributed by atoms with Crippen LogP contribution in [0.15, 0.2) is 75.9 Å². The van der Waals surface area contributed by atoms with E-state index in [1.165, 1.54) is 9.60 Å². The van der Waals surface area contributed by atoms with Gasteiger partial charge in [0.05, 0.1) is 17.3 Å². The Kier molecular flexibility index (Phi) is 4.19. The minimum atomic E-state index is -0.300. The molecule has 0 aliphatic carbocycles. The van der Waals surface area contributed by atoms with Gasteiger partial charge in [-0.05, 0) is 29.0 Å². The highest BCUT2D eigenvalue weighted by molar-refractivity contribution is 7.18. The molecule has 0 aliphatic rings. The van der Waals surface area contributed by atoms with Gasteiger partial charge < -0.3 is 9.32 Å². The first kappa shape index (κ1) is 17.1. The first-order valence-electron chi connectivity index (χ1n) is 9.27. The van der Waals surface area contributed by atoms with Crippen LogP contribution < -0.4 is 10.5 Å². The molecule has 0 bridgehead atoms. The molecule has 1 N–H and O–H groups in total. The fourth-order valence-electron chi connectivity index (χ4n) is 3.80. The van der Waals surface area contributed by atoms with Crippen LogP contribution in [0.5, 0.6) is 0 Å². The van der Waals surface area contributed by atoms with E-state index < -0.39 is 0 Å². The standard InChI is InChI=1S/C23H18N2O2S/c1-25(14-21-24-18-8-4-5-9-20(18)28-21)13-16-12-22(26)27-19-11-10-15-6-2-3-7-17(15)23(16)19/h2-12H,13-14H2,1H3/p+1. The summed E-state index contributed by atoms with van der Waals surface area (Å²) in [6.45, 7) is 1.54. The van der Waals surface area contributed by atoms with E-state index in [0.717, 1.165) is 45.3 Å². The van der Waals surface area contributed by atoms with E-state index in [1.54, 1.807) is 17.4 Å². The normalized spacial score (nSPS) is 12.8. The molecular weight excluding hydrogens is 368 g/mol. The van der Waals surface area contributed by atoms with Crippen LogP contribution in [0, 0.1) is 0 Å². The second kappa shape index (κ2) is 6.86. The molecule has 5 rings (SSSR count). The van der Waals surface area contributed by atoms with Crippen molar-refractivity contribution in [1.29, 1.82) is 0 Å². The molecule has 1 unspecified atom stereocenters. The summed E-state index contributed by atoms with van der Waals surface area (Å²) in [6.07, 6.45) is 0. The van der Waals surface area contributed by atoms with Crippen molar-refractivity contribution in [2.24, 2.45) is 0 Å². The molecule has 4 nitrogen and oxygen atoms in total. The van der Waals surface area contributed by atoms with Gasteiger partial charge in [0, 0.05) is 17.0 Å². The van der Waals surface area contributed by atoms with Crippen molar-refractivity contribution >= 4 is 43.3 Å². The summed E-state index contributed by atoms with van der Waals surface area (Å²) in [6, 6.07) is 22.0. The number of nitrogens with one attached hydrogen (secondary N) is 1. The summed E-state index contributed by atoms with van der Waals surface area (Å²) >= 11 is 1.73. The van der Waals surface area contributed by atoms with E-state index in [1.807, 2.05) is 42.5 Å². The summed E-state index contributed by atoms with van der Waals surface area (Å²) in [5.74, 6) is 0. The first-order chi connectivity index (χ1) is 13.7. The molecule has 5 heteroatoms. The predicted octanol–water partition coefficient (Wildman–Crippen LogP) is 3.77. The van der Waals surface area contributed by atoms with Gasteiger partial charge in [-0.25, -0.2) is 9.78 Å². The quantitative estimate of drug-likeness (QED) is 0.377. The SMILES string of the molecule is C[NH+](Cc1nc2ccccc2s1)Cc1cc(=O)oc2ccc3ccccc3c12. The zero-order valence-electron chi connectivity index (χ0n) is 15.4. The Morgan fingerprint density at radius 1 is 1.00 bits per heavy atom. The van der Waals surface area contributed by atoms with Gasteiger partial charge in [0.2, 0.25) is 0 Å². The molecule has 138 valence electrons. The largest absolute Gasteiger partial charge is 0.423 e. The smallest absolute Gasteiger partial charge is 0.336 e. The van der Waals surface area contributed by atoms with Gasteiger partial charge in [0.15, 0.2) is 0 Å². The lowest BCUT2D eigenvalue weighted by atomic mass is 10.0. The van der Waals surface area contributed by atoms with Crippen LogP contribution in [0.25, 0.3) is 32.0 Å². The lowest BCUT2D eigenvalue weighted by molar-refractivity contribution is -0.907. The zero-order chi connectivity index (χ0) is 19.1. The third-order valence-corrected chi connectivity index (χ3v) is 6.03. The number of quaternary nitrogens is 1. The van der Waals surface area contributed by atoms with Crippen LogP contribution in [0.4, 0.5) is 0 Å². The lowest BCUT2D eigenvalue weighted by Gasteiger charge is -2.14. The third-order valence-electron chi connectivity index (χ3n) is 5.00. The zero-order valence-corrected chi connectivity index (χ0v) is 16.3. The van der Waals surface area contributed by atoms with Crippen LogP contribution >= 0.6 is 11.3 Å². The van der Waals surface area contributed by atoms with Crippen molar-refractivity contribution in [2.45, 2.75) is 13.1 Å². The Morgan fingerprint density at radius 3 is 2.71 bits per heavy atom. The molecule has 0 amide bonds. The van der Waals surface area contributed by atoms with Gasteiger partial charge in [0.1, 0.15) is 23.7 Å². The molecule has 1 atom stereocenters. The van der Waals surface area contributed by atoms with Crippen LogP contribution in [0.1, 0.15) is 10.6 Å². The van der Waals surface area contributed by atoms with E-state index in [2.05, 4.69) is 25.2 Å². The summed E-state index contributed by atoms with van der Waals surface area (Å²) in [5.41, 5.74) is 2.41. The van der Waals surface area contributed by atoms with E-state index in [9.17, 15) is 4.79 Å². The molecule has 2 aromatic heterocycles. The minimum Gasteiger partial charge on any atom is -0.423 e. The number of fused-ring (bicyclic) bond motifs is 4. The summed E-state index contributed by atoms with van der Waals surface area (Å²) in [5, 5.41) is 4.40. The van der Waals surface area contributed by atoms with Gasteiger partial charge in [-0.3, -0.25) is 0 Å². The van der Waals surface area contributed by atoms with Crippen molar-refractivity contribution in [3.05, 3.63) is 87.7 Å². The van der Waals surface area contributed by atoms with E-state index in [0.29, 0.717) is 5.58 Å². The number of para-hydroxylation sites is 1. The summed E-state index contributed by atoms with van der Waals surface area (Å²) < 4.78 is 6.69. The van der Waals surface area contributed by atoms with Gasteiger partial charge in [-0.15, -0.1) is 11.3 Å². The Labute approximate surface area is 165 Å². The van der Waals surface area contributed by atoms with Crippen molar-refractivity contribution in [3.8, 4) is 0 Å². The summed E-state index contributed by atoms with van der Waals surface area (Å²) in [4.78, 5) is 18.1. The predicted molar refractivity (Wildman–Crippen MR) is 114 cm³/mol.